The second-order valence-corrected chi connectivity index (χ2v) is 6.74. The average molecular weight is 278 g/mol. The summed E-state index contributed by atoms with van der Waals surface area (Å²) in [5.41, 5.74) is -0.419. The van der Waals surface area contributed by atoms with Crippen molar-refractivity contribution in [1.82, 2.24) is 0 Å². The summed E-state index contributed by atoms with van der Waals surface area (Å²) in [6, 6.07) is 0. The molecule has 0 N–H and O–H groups in total. The van der Waals surface area contributed by atoms with Crippen LogP contribution in [0.2, 0.25) is 0 Å². The smallest absolute Gasteiger partial charge is 0.319 e. The van der Waals surface area contributed by atoms with Crippen molar-refractivity contribution < 1.29 is 13.9 Å². The van der Waals surface area contributed by atoms with Crippen LogP contribution < -0.4 is 0 Å². The van der Waals surface area contributed by atoms with E-state index in [1.807, 2.05) is 20.8 Å². The summed E-state index contributed by atoms with van der Waals surface area (Å²) < 4.78 is 17.3. The fourth-order valence-electron chi connectivity index (χ4n) is 1.50. The lowest BCUT2D eigenvalue weighted by Crippen LogP contribution is -2.30. The third kappa shape index (κ3) is 9.75. The van der Waals surface area contributed by atoms with E-state index in [1.54, 1.807) is 11.8 Å². The summed E-state index contributed by atoms with van der Waals surface area (Å²) >= 11 is 1.65. The Kier molecular flexibility index (Phi) is 9.52. The molecule has 0 spiro atoms. The van der Waals surface area contributed by atoms with Gasteiger partial charge in [0.2, 0.25) is 0 Å². The van der Waals surface area contributed by atoms with E-state index in [0.717, 1.165) is 31.4 Å². The highest BCUT2D eigenvalue weighted by Gasteiger charge is 2.24. The summed E-state index contributed by atoms with van der Waals surface area (Å²) in [5.74, 6) is 0.795. The SMILES string of the molecule is CCCC(SCCCCCF)C(=O)OC(C)(C)C. The molecule has 0 aromatic heterocycles. The fraction of sp³-hybridized carbons (Fsp3) is 0.929. The average Bonchev–Trinajstić information content (AvgIpc) is 2.25. The summed E-state index contributed by atoms with van der Waals surface area (Å²) in [7, 11) is 0. The predicted molar refractivity (Wildman–Crippen MR) is 76.8 cm³/mol. The fourth-order valence-corrected chi connectivity index (χ4v) is 2.74. The molecular formula is C14H27FO2S. The number of carbonyl (C=O) groups is 1. The molecule has 2 nitrogen and oxygen atoms in total. The van der Waals surface area contributed by atoms with E-state index in [1.165, 1.54) is 0 Å². The Balaban J connectivity index is 4.01. The van der Waals surface area contributed by atoms with Crippen LogP contribution >= 0.6 is 11.8 Å². The number of rotatable bonds is 9. The van der Waals surface area contributed by atoms with Gasteiger partial charge in [0.1, 0.15) is 10.9 Å². The van der Waals surface area contributed by atoms with Crippen LogP contribution in [0.1, 0.15) is 59.8 Å². The normalized spacial score (nSPS) is 13.4. The molecule has 4 heteroatoms. The first-order valence-electron chi connectivity index (χ1n) is 6.81. The number of esters is 1. The van der Waals surface area contributed by atoms with E-state index in [4.69, 9.17) is 4.74 Å². The van der Waals surface area contributed by atoms with Gasteiger partial charge in [-0.25, -0.2) is 0 Å². The van der Waals surface area contributed by atoms with Crippen molar-refractivity contribution in [2.75, 3.05) is 12.4 Å². The van der Waals surface area contributed by atoms with Crippen molar-refractivity contribution in [1.29, 1.82) is 0 Å². The Labute approximate surface area is 115 Å². The van der Waals surface area contributed by atoms with E-state index < -0.39 is 5.60 Å². The minimum Gasteiger partial charge on any atom is -0.459 e. The predicted octanol–water partition coefficient (Wildman–Crippen LogP) is 4.37. The largest absolute Gasteiger partial charge is 0.459 e. The number of thioether (sulfide) groups is 1. The Morgan fingerprint density at radius 2 is 1.94 bits per heavy atom. The van der Waals surface area contributed by atoms with Crippen LogP contribution in [0.3, 0.4) is 0 Å². The quantitative estimate of drug-likeness (QED) is 0.463. The maximum atomic E-state index is 12.0. The first-order valence-corrected chi connectivity index (χ1v) is 7.86. The standard InChI is InChI=1S/C14H27FO2S/c1-5-9-12(13(16)17-14(2,3)4)18-11-8-6-7-10-15/h12H,5-11H2,1-4H3. The zero-order valence-electron chi connectivity index (χ0n) is 12.1. The van der Waals surface area contributed by atoms with Crippen LogP contribution in [-0.4, -0.2) is 29.2 Å². The number of ether oxygens (including phenoxy) is 1. The van der Waals surface area contributed by atoms with Crippen molar-refractivity contribution in [3.63, 3.8) is 0 Å². The third-order valence-electron chi connectivity index (χ3n) is 2.32. The summed E-state index contributed by atoms with van der Waals surface area (Å²) in [4.78, 5) is 12.0. The van der Waals surface area contributed by atoms with Crippen molar-refractivity contribution in [2.24, 2.45) is 0 Å². The van der Waals surface area contributed by atoms with E-state index in [2.05, 4.69) is 6.92 Å². The van der Waals surface area contributed by atoms with Crippen LogP contribution in [-0.2, 0) is 9.53 Å². The molecule has 1 atom stereocenters. The highest BCUT2D eigenvalue weighted by atomic mass is 32.2. The molecule has 0 aliphatic carbocycles. The van der Waals surface area contributed by atoms with Gasteiger partial charge < -0.3 is 4.74 Å². The van der Waals surface area contributed by atoms with Crippen LogP contribution in [0.25, 0.3) is 0 Å². The van der Waals surface area contributed by atoms with Gasteiger partial charge in [0.05, 0.1) is 6.67 Å². The number of carbonyl (C=O) groups excluding carboxylic acids is 1. The van der Waals surface area contributed by atoms with Gasteiger partial charge in [0, 0.05) is 0 Å². The molecule has 0 saturated heterocycles. The van der Waals surface area contributed by atoms with Crippen LogP contribution in [0.15, 0.2) is 0 Å². The summed E-state index contributed by atoms with van der Waals surface area (Å²) in [6.07, 6.45) is 4.32. The lowest BCUT2D eigenvalue weighted by molar-refractivity contribution is -0.154. The van der Waals surface area contributed by atoms with Gasteiger partial charge in [0.25, 0.3) is 0 Å². The third-order valence-corrected chi connectivity index (χ3v) is 3.67. The molecule has 0 aromatic carbocycles. The maximum Gasteiger partial charge on any atom is 0.319 e. The summed E-state index contributed by atoms with van der Waals surface area (Å²) in [5, 5.41) is -0.0698. The number of hydrogen-bond acceptors (Lipinski definition) is 3. The van der Waals surface area contributed by atoms with Crippen molar-refractivity contribution in [3.8, 4) is 0 Å². The van der Waals surface area contributed by atoms with Crippen molar-refractivity contribution >= 4 is 17.7 Å². The minimum absolute atomic E-state index is 0.0698. The number of alkyl halides is 1. The maximum absolute atomic E-state index is 12.0. The first kappa shape index (κ1) is 17.8. The van der Waals surface area contributed by atoms with E-state index in [0.29, 0.717) is 6.42 Å². The molecule has 18 heavy (non-hydrogen) atoms. The molecule has 0 aromatic rings. The Morgan fingerprint density at radius 3 is 2.44 bits per heavy atom. The molecule has 0 aliphatic heterocycles. The van der Waals surface area contributed by atoms with Gasteiger partial charge in [-0.2, -0.15) is 0 Å². The molecule has 0 heterocycles. The number of halogens is 1. The Morgan fingerprint density at radius 1 is 1.28 bits per heavy atom. The highest BCUT2D eigenvalue weighted by molar-refractivity contribution is 8.00. The van der Waals surface area contributed by atoms with Crippen molar-refractivity contribution in [2.45, 2.75) is 70.7 Å². The molecule has 0 rings (SSSR count). The molecule has 0 saturated carbocycles. The lowest BCUT2D eigenvalue weighted by atomic mass is 10.2. The molecule has 0 bridgehead atoms. The molecule has 0 aliphatic rings. The van der Waals surface area contributed by atoms with Gasteiger partial charge in [-0.15, -0.1) is 11.8 Å². The van der Waals surface area contributed by atoms with Crippen LogP contribution in [0, 0.1) is 0 Å². The second kappa shape index (κ2) is 9.65. The number of hydrogen-bond donors (Lipinski definition) is 0. The summed E-state index contributed by atoms with van der Waals surface area (Å²) in [6.45, 7) is 7.50. The molecule has 1 unspecified atom stereocenters. The van der Waals surface area contributed by atoms with Gasteiger partial charge in [0.15, 0.2) is 0 Å². The molecule has 108 valence electrons. The van der Waals surface area contributed by atoms with Gasteiger partial charge >= 0.3 is 5.97 Å². The van der Waals surface area contributed by atoms with E-state index >= 15 is 0 Å². The molecular weight excluding hydrogens is 251 g/mol. The van der Waals surface area contributed by atoms with E-state index in [-0.39, 0.29) is 17.9 Å². The van der Waals surface area contributed by atoms with Crippen molar-refractivity contribution in [3.05, 3.63) is 0 Å². The Bertz CT molecular complexity index is 226. The molecule has 0 amide bonds. The Hall–Kier alpha value is -0.250. The molecule has 0 radical (unpaired) electrons. The first-order chi connectivity index (χ1) is 8.40. The number of unbranched alkanes of at least 4 members (excludes halogenated alkanes) is 2. The highest BCUT2D eigenvalue weighted by Crippen LogP contribution is 2.22. The molecule has 0 fully saturated rings. The zero-order chi connectivity index (χ0) is 14.0. The second-order valence-electron chi connectivity index (χ2n) is 5.43. The van der Waals surface area contributed by atoms with Gasteiger partial charge in [-0.05, 0) is 45.8 Å². The van der Waals surface area contributed by atoms with E-state index in [9.17, 15) is 9.18 Å². The van der Waals surface area contributed by atoms with Crippen LogP contribution in [0.5, 0.6) is 0 Å². The minimum atomic E-state index is -0.419. The lowest BCUT2D eigenvalue weighted by Gasteiger charge is -2.23. The topological polar surface area (TPSA) is 26.3 Å². The zero-order valence-corrected chi connectivity index (χ0v) is 12.9. The van der Waals surface area contributed by atoms with Gasteiger partial charge in [-0.1, -0.05) is 19.8 Å². The van der Waals surface area contributed by atoms with Crippen LogP contribution in [0.4, 0.5) is 4.39 Å². The monoisotopic (exact) mass is 278 g/mol. The van der Waals surface area contributed by atoms with Gasteiger partial charge in [-0.3, -0.25) is 9.18 Å².